The first-order valence-electron chi connectivity index (χ1n) is 7.84. The lowest BCUT2D eigenvalue weighted by atomic mass is 10.1. The van der Waals surface area contributed by atoms with Crippen molar-refractivity contribution in [3.63, 3.8) is 0 Å². The van der Waals surface area contributed by atoms with Crippen LogP contribution in [-0.2, 0) is 11.2 Å². The summed E-state index contributed by atoms with van der Waals surface area (Å²) in [5, 5.41) is 4.21. The molecule has 2 N–H and O–H groups in total. The normalized spacial score (nSPS) is 16.7. The summed E-state index contributed by atoms with van der Waals surface area (Å²) in [6, 6.07) is 5.64. The lowest BCUT2D eigenvalue weighted by Gasteiger charge is -2.12. The Kier molecular flexibility index (Phi) is 8.03. The number of fused-ring (bicyclic) bond motifs is 1. The second kappa shape index (κ2) is 9.28. The molecule has 3 rings (SSSR count). The van der Waals surface area contributed by atoms with Gasteiger partial charge in [-0.05, 0) is 57.6 Å². The molecule has 2 heterocycles. The Bertz CT molecular complexity index is 667. The number of rotatable bonds is 5. The van der Waals surface area contributed by atoms with Crippen molar-refractivity contribution in [2.45, 2.75) is 25.3 Å². The summed E-state index contributed by atoms with van der Waals surface area (Å²) in [7, 11) is 4.11. The number of hydrogen-bond donors (Lipinski definition) is 2. The summed E-state index contributed by atoms with van der Waals surface area (Å²) >= 11 is 0. The molecule has 2 aromatic rings. The van der Waals surface area contributed by atoms with Gasteiger partial charge < -0.3 is 19.9 Å². The van der Waals surface area contributed by atoms with Gasteiger partial charge in [-0.25, -0.2) is 4.79 Å². The fourth-order valence-corrected chi connectivity index (χ4v) is 2.91. The highest BCUT2D eigenvalue weighted by atomic mass is 35.5. The highest BCUT2D eigenvalue weighted by molar-refractivity contribution is 5.92. The van der Waals surface area contributed by atoms with Crippen LogP contribution in [0.5, 0.6) is 5.75 Å². The van der Waals surface area contributed by atoms with E-state index >= 15 is 0 Å². The Morgan fingerprint density at radius 1 is 1.33 bits per heavy atom. The van der Waals surface area contributed by atoms with Gasteiger partial charge in [0.25, 0.3) is 0 Å². The molecule has 1 aromatic carbocycles. The van der Waals surface area contributed by atoms with Crippen LogP contribution in [0.15, 0.2) is 24.4 Å². The standard InChI is InChI=1S/C17H23N3O2.2ClH/c1-20(2)10-8-12-11-19-13-5-3-7-15(16(12)13)22-17(21)14-6-4-9-18-14;;/h3,5,7,11,14,18-19H,4,6,8-10H2,1-2H3;2*1H/t14-;;/m0../s1. The largest absolute Gasteiger partial charge is 0.425 e. The number of carbonyl (C=O) groups excluding carboxylic acids is 1. The van der Waals surface area contributed by atoms with E-state index in [0.717, 1.165) is 43.3 Å². The lowest BCUT2D eigenvalue weighted by Crippen LogP contribution is -2.34. The molecule has 5 nitrogen and oxygen atoms in total. The summed E-state index contributed by atoms with van der Waals surface area (Å²) in [4.78, 5) is 17.7. The van der Waals surface area contributed by atoms with Gasteiger partial charge in [0.2, 0.25) is 0 Å². The van der Waals surface area contributed by atoms with E-state index in [1.54, 1.807) is 0 Å². The predicted molar refractivity (Wildman–Crippen MR) is 102 cm³/mol. The van der Waals surface area contributed by atoms with Crippen LogP contribution in [0.2, 0.25) is 0 Å². The summed E-state index contributed by atoms with van der Waals surface area (Å²) in [5.41, 5.74) is 2.20. The Labute approximate surface area is 154 Å². The molecule has 134 valence electrons. The van der Waals surface area contributed by atoms with Crippen molar-refractivity contribution in [2.24, 2.45) is 0 Å². The highest BCUT2D eigenvalue weighted by Crippen LogP contribution is 2.29. The molecule has 1 atom stereocenters. The number of nitrogens with zero attached hydrogens (tertiary/aromatic N) is 1. The monoisotopic (exact) mass is 373 g/mol. The molecule has 7 heteroatoms. The molecule has 24 heavy (non-hydrogen) atoms. The smallest absolute Gasteiger partial charge is 0.328 e. The maximum absolute atomic E-state index is 12.3. The van der Waals surface area contributed by atoms with Gasteiger partial charge in [0, 0.05) is 23.6 Å². The van der Waals surface area contributed by atoms with Crippen molar-refractivity contribution >= 4 is 41.7 Å². The number of halogens is 2. The van der Waals surface area contributed by atoms with Gasteiger partial charge >= 0.3 is 5.97 Å². The van der Waals surface area contributed by atoms with Crippen molar-refractivity contribution in [3.8, 4) is 5.75 Å². The van der Waals surface area contributed by atoms with Gasteiger partial charge in [0.15, 0.2) is 0 Å². The molecule has 1 fully saturated rings. The number of hydrogen-bond acceptors (Lipinski definition) is 4. The van der Waals surface area contributed by atoms with Crippen molar-refractivity contribution in [1.29, 1.82) is 0 Å². The molecule has 1 saturated heterocycles. The summed E-state index contributed by atoms with van der Waals surface area (Å²) in [6.07, 6.45) is 4.82. The first-order valence-corrected chi connectivity index (χ1v) is 7.84. The molecular formula is C17H25Cl2N3O2. The molecule has 0 aliphatic carbocycles. The van der Waals surface area contributed by atoms with E-state index in [1.807, 2.05) is 24.4 Å². The maximum atomic E-state index is 12.3. The van der Waals surface area contributed by atoms with E-state index in [1.165, 1.54) is 5.56 Å². The maximum Gasteiger partial charge on any atom is 0.328 e. The second-order valence-corrected chi connectivity index (χ2v) is 6.12. The zero-order chi connectivity index (χ0) is 15.5. The Morgan fingerprint density at radius 2 is 2.12 bits per heavy atom. The second-order valence-electron chi connectivity index (χ2n) is 6.12. The van der Waals surface area contributed by atoms with Crippen LogP contribution < -0.4 is 10.1 Å². The van der Waals surface area contributed by atoms with E-state index in [2.05, 4.69) is 29.3 Å². The molecule has 0 spiro atoms. The van der Waals surface area contributed by atoms with Crippen LogP contribution in [0.3, 0.4) is 0 Å². The zero-order valence-electron chi connectivity index (χ0n) is 14.0. The van der Waals surface area contributed by atoms with E-state index in [-0.39, 0.29) is 36.8 Å². The number of ether oxygens (including phenoxy) is 1. The van der Waals surface area contributed by atoms with Crippen molar-refractivity contribution in [1.82, 2.24) is 15.2 Å². The third-order valence-corrected chi connectivity index (χ3v) is 4.13. The van der Waals surface area contributed by atoms with Crippen molar-refractivity contribution < 1.29 is 9.53 Å². The van der Waals surface area contributed by atoms with Gasteiger partial charge in [-0.2, -0.15) is 0 Å². The minimum Gasteiger partial charge on any atom is -0.425 e. The molecular weight excluding hydrogens is 349 g/mol. The SMILES string of the molecule is CN(C)CCc1c[nH]c2cccc(OC(=O)[C@@H]3CCCN3)c12.Cl.Cl. The molecule has 1 aromatic heterocycles. The average molecular weight is 374 g/mol. The fourth-order valence-electron chi connectivity index (χ4n) is 2.91. The molecule has 1 aliphatic heterocycles. The van der Waals surface area contributed by atoms with E-state index in [4.69, 9.17) is 4.74 Å². The number of aromatic nitrogens is 1. The third kappa shape index (κ3) is 4.63. The predicted octanol–water partition coefficient (Wildman–Crippen LogP) is 2.77. The fraction of sp³-hybridized carbons (Fsp3) is 0.471. The van der Waals surface area contributed by atoms with Crippen molar-refractivity contribution in [2.75, 3.05) is 27.2 Å². The van der Waals surface area contributed by atoms with Gasteiger partial charge in [-0.1, -0.05) is 6.07 Å². The number of nitrogens with one attached hydrogen (secondary N) is 2. The van der Waals surface area contributed by atoms with Crippen LogP contribution in [0.1, 0.15) is 18.4 Å². The van der Waals surface area contributed by atoms with Gasteiger partial charge in [0.05, 0.1) is 0 Å². The van der Waals surface area contributed by atoms with E-state index in [0.29, 0.717) is 5.75 Å². The number of esters is 1. The molecule has 1 aliphatic rings. The summed E-state index contributed by atoms with van der Waals surface area (Å²) < 4.78 is 5.68. The lowest BCUT2D eigenvalue weighted by molar-refractivity contribution is -0.136. The number of likely N-dealkylation sites (N-methyl/N-ethyl adjacent to an activating group) is 1. The van der Waals surface area contributed by atoms with Crippen LogP contribution in [0.4, 0.5) is 0 Å². The van der Waals surface area contributed by atoms with Gasteiger partial charge in [-0.3, -0.25) is 0 Å². The van der Waals surface area contributed by atoms with Crippen LogP contribution in [0, 0.1) is 0 Å². The Morgan fingerprint density at radius 3 is 2.79 bits per heavy atom. The Hall–Kier alpha value is -1.27. The van der Waals surface area contributed by atoms with Crippen LogP contribution >= 0.6 is 24.8 Å². The number of benzene rings is 1. The zero-order valence-corrected chi connectivity index (χ0v) is 15.6. The van der Waals surface area contributed by atoms with Gasteiger partial charge in [-0.15, -0.1) is 24.8 Å². The average Bonchev–Trinajstić information content (AvgIpc) is 3.15. The first kappa shape index (κ1) is 20.8. The number of H-pyrrole nitrogens is 1. The molecule has 0 unspecified atom stereocenters. The topological polar surface area (TPSA) is 57.4 Å². The summed E-state index contributed by atoms with van der Waals surface area (Å²) in [5.74, 6) is 0.482. The Balaban J connectivity index is 0.00000144. The summed E-state index contributed by atoms with van der Waals surface area (Å²) in [6.45, 7) is 1.85. The van der Waals surface area contributed by atoms with Gasteiger partial charge in [0.1, 0.15) is 11.8 Å². The minimum absolute atomic E-state index is 0. The first-order chi connectivity index (χ1) is 10.6. The van der Waals surface area contributed by atoms with Crippen LogP contribution in [0.25, 0.3) is 10.9 Å². The van der Waals surface area contributed by atoms with Crippen LogP contribution in [-0.4, -0.2) is 49.1 Å². The quantitative estimate of drug-likeness (QED) is 0.624. The molecule has 0 amide bonds. The number of aromatic amines is 1. The number of carbonyl (C=O) groups is 1. The van der Waals surface area contributed by atoms with Crippen molar-refractivity contribution in [3.05, 3.63) is 30.0 Å². The van der Waals surface area contributed by atoms with E-state index in [9.17, 15) is 4.79 Å². The molecule has 0 saturated carbocycles. The highest BCUT2D eigenvalue weighted by Gasteiger charge is 2.24. The van der Waals surface area contributed by atoms with E-state index < -0.39 is 0 Å². The molecule has 0 bridgehead atoms. The minimum atomic E-state index is -0.176. The molecule has 0 radical (unpaired) electrons. The third-order valence-electron chi connectivity index (χ3n) is 4.13.